The van der Waals surface area contributed by atoms with Gasteiger partial charge in [-0.05, 0) is 31.8 Å². The molecule has 1 atom stereocenters. The highest BCUT2D eigenvalue weighted by Crippen LogP contribution is 2.18. The number of nitrogens with zero attached hydrogens (tertiary/aromatic N) is 1. The van der Waals surface area contributed by atoms with E-state index in [0.717, 1.165) is 0 Å². The highest BCUT2D eigenvalue weighted by atomic mass is 19.1. The number of likely N-dealkylation sites (N-methyl/N-ethyl adjacent to an activating group) is 1. The number of benzene rings is 1. The minimum absolute atomic E-state index is 0.421. The third kappa shape index (κ3) is 2.29. The summed E-state index contributed by atoms with van der Waals surface area (Å²) in [5.41, 5.74) is 0.447. The fraction of sp³-hybridized carbons (Fsp3) is 0.300. The van der Waals surface area contributed by atoms with E-state index >= 15 is 0 Å². The summed E-state index contributed by atoms with van der Waals surface area (Å²) in [6.45, 7) is 0. The van der Waals surface area contributed by atoms with Crippen LogP contribution in [0, 0.1) is 5.82 Å². The predicted octanol–water partition coefficient (Wildman–Crippen LogP) is 1.51. The Labute approximate surface area is 81.8 Å². The molecule has 3 nitrogen and oxygen atoms in total. The zero-order chi connectivity index (χ0) is 10.7. The fourth-order valence-corrected chi connectivity index (χ4v) is 1.34. The maximum atomic E-state index is 12.8. The molecule has 1 aromatic rings. The van der Waals surface area contributed by atoms with Gasteiger partial charge in [0.05, 0.1) is 0 Å². The summed E-state index contributed by atoms with van der Waals surface area (Å²) in [5, 5.41) is 8.92. The number of hydrogen-bond donors (Lipinski definition) is 1. The van der Waals surface area contributed by atoms with Crippen LogP contribution in [0.2, 0.25) is 0 Å². The number of aliphatic carboxylic acids is 1. The van der Waals surface area contributed by atoms with Crippen LogP contribution in [-0.2, 0) is 4.79 Å². The molecule has 0 amide bonds. The summed E-state index contributed by atoms with van der Waals surface area (Å²) in [5.74, 6) is -1.41. The first kappa shape index (κ1) is 10.7. The molecule has 76 valence electrons. The molecule has 0 aliphatic carbocycles. The van der Waals surface area contributed by atoms with Crippen molar-refractivity contribution in [3.05, 3.63) is 35.6 Å². The van der Waals surface area contributed by atoms with E-state index in [2.05, 4.69) is 0 Å². The molecular formula is C10H12FNO2. The average Bonchev–Trinajstić information content (AvgIpc) is 2.02. The molecule has 0 aliphatic heterocycles. The van der Waals surface area contributed by atoms with Crippen LogP contribution in [0.4, 0.5) is 4.39 Å². The van der Waals surface area contributed by atoms with Crippen molar-refractivity contribution in [2.24, 2.45) is 0 Å². The molecule has 1 N–H and O–H groups in total. The van der Waals surface area contributed by atoms with Gasteiger partial charge in [-0.2, -0.15) is 0 Å². The fourth-order valence-electron chi connectivity index (χ4n) is 1.34. The maximum Gasteiger partial charge on any atom is 0.325 e. The lowest BCUT2D eigenvalue weighted by atomic mass is 10.1. The van der Waals surface area contributed by atoms with Crippen LogP contribution in [-0.4, -0.2) is 30.1 Å². The van der Waals surface area contributed by atoms with E-state index in [0.29, 0.717) is 5.56 Å². The van der Waals surface area contributed by atoms with Gasteiger partial charge in [-0.3, -0.25) is 9.69 Å². The van der Waals surface area contributed by atoms with Crippen LogP contribution in [0.1, 0.15) is 11.6 Å². The van der Waals surface area contributed by atoms with Crippen molar-refractivity contribution in [3.63, 3.8) is 0 Å². The third-order valence-corrected chi connectivity index (χ3v) is 1.91. The van der Waals surface area contributed by atoms with Gasteiger partial charge in [-0.15, -0.1) is 0 Å². The number of halogens is 1. The van der Waals surface area contributed by atoms with Gasteiger partial charge in [0.25, 0.3) is 0 Å². The molecule has 0 bridgehead atoms. The Morgan fingerprint density at radius 3 is 2.57 bits per heavy atom. The van der Waals surface area contributed by atoms with Crippen LogP contribution >= 0.6 is 0 Å². The molecule has 14 heavy (non-hydrogen) atoms. The molecule has 0 aromatic heterocycles. The quantitative estimate of drug-likeness (QED) is 0.798. The molecule has 0 heterocycles. The largest absolute Gasteiger partial charge is 0.480 e. The first-order valence-corrected chi connectivity index (χ1v) is 4.17. The Kier molecular flexibility index (Phi) is 3.19. The molecule has 0 saturated carbocycles. The second-order valence-corrected chi connectivity index (χ2v) is 3.26. The highest BCUT2D eigenvalue weighted by molar-refractivity contribution is 5.75. The zero-order valence-electron chi connectivity index (χ0n) is 8.07. The van der Waals surface area contributed by atoms with Crippen LogP contribution in [0.15, 0.2) is 24.3 Å². The maximum absolute atomic E-state index is 12.8. The van der Waals surface area contributed by atoms with Crippen molar-refractivity contribution in [2.75, 3.05) is 14.1 Å². The molecule has 0 spiro atoms. The molecule has 4 heteroatoms. The summed E-state index contributed by atoms with van der Waals surface area (Å²) in [6, 6.07) is 4.83. The van der Waals surface area contributed by atoms with E-state index in [-0.39, 0.29) is 0 Å². The van der Waals surface area contributed by atoms with Crippen molar-refractivity contribution in [2.45, 2.75) is 6.04 Å². The topological polar surface area (TPSA) is 40.5 Å². The van der Waals surface area contributed by atoms with E-state index in [1.807, 2.05) is 0 Å². The van der Waals surface area contributed by atoms with Crippen molar-refractivity contribution in [3.8, 4) is 0 Å². The molecular weight excluding hydrogens is 185 g/mol. The molecule has 0 fully saturated rings. The third-order valence-electron chi connectivity index (χ3n) is 1.91. The van der Waals surface area contributed by atoms with Crippen molar-refractivity contribution >= 4 is 5.97 Å². The van der Waals surface area contributed by atoms with Crippen LogP contribution in [0.3, 0.4) is 0 Å². The second-order valence-electron chi connectivity index (χ2n) is 3.26. The standard InChI is InChI=1S/C10H12FNO2/c1-12(2)9(10(13)14)7-4-3-5-8(11)6-7/h3-6,9H,1-2H3,(H,13,14)/t9-/m0/s1. The molecule has 0 aliphatic rings. The summed E-state index contributed by atoms with van der Waals surface area (Å²) in [4.78, 5) is 12.4. The van der Waals surface area contributed by atoms with Gasteiger partial charge in [-0.25, -0.2) is 4.39 Å². The van der Waals surface area contributed by atoms with Crippen LogP contribution in [0.5, 0.6) is 0 Å². The van der Waals surface area contributed by atoms with E-state index in [9.17, 15) is 9.18 Å². The van der Waals surface area contributed by atoms with Crippen molar-refractivity contribution in [1.29, 1.82) is 0 Å². The number of carboxylic acids is 1. The minimum Gasteiger partial charge on any atom is -0.480 e. The molecule has 1 rings (SSSR count). The first-order chi connectivity index (χ1) is 6.52. The summed E-state index contributed by atoms with van der Waals surface area (Å²) < 4.78 is 12.8. The second kappa shape index (κ2) is 4.19. The van der Waals surface area contributed by atoms with Crippen molar-refractivity contribution in [1.82, 2.24) is 4.90 Å². The Hall–Kier alpha value is -1.42. The lowest BCUT2D eigenvalue weighted by Crippen LogP contribution is -2.27. The van der Waals surface area contributed by atoms with Gasteiger partial charge >= 0.3 is 5.97 Å². The Bertz CT molecular complexity index is 339. The van der Waals surface area contributed by atoms with Gasteiger partial charge in [0.1, 0.15) is 11.9 Å². The van der Waals surface area contributed by atoms with Crippen LogP contribution in [0.25, 0.3) is 0 Å². The van der Waals surface area contributed by atoms with Crippen LogP contribution < -0.4 is 0 Å². The van der Waals surface area contributed by atoms with Gasteiger partial charge in [0, 0.05) is 0 Å². The summed E-state index contributed by atoms with van der Waals surface area (Å²) >= 11 is 0. The lowest BCUT2D eigenvalue weighted by molar-refractivity contribution is -0.142. The van der Waals surface area contributed by atoms with E-state index in [1.165, 1.54) is 23.1 Å². The molecule has 1 aromatic carbocycles. The highest BCUT2D eigenvalue weighted by Gasteiger charge is 2.21. The Balaban J connectivity index is 3.05. The molecule has 0 unspecified atom stereocenters. The SMILES string of the molecule is CN(C)[C@H](C(=O)O)c1cccc(F)c1. The first-order valence-electron chi connectivity index (χ1n) is 4.17. The smallest absolute Gasteiger partial charge is 0.325 e. The Morgan fingerprint density at radius 2 is 2.14 bits per heavy atom. The number of carboxylic acid groups (broad SMARTS) is 1. The minimum atomic E-state index is -0.986. The summed E-state index contributed by atoms with van der Waals surface area (Å²) in [7, 11) is 3.29. The lowest BCUT2D eigenvalue weighted by Gasteiger charge is -2.20. The number of hydrogen-bond acceptors (Lipinski definition) is 2. The van der Waals surface area contributed by atoms with E-state index < -0.39 is 17.8 Å². The monoisotopic (exact) mass is 197 g/mol. The van der Waals surface area contributed by atoms with Gasteiger partial charge in [0.2, 0.25) is 0 Å². The normalized spacial score (nSPS) is 12.9. The van der Waals surface area contributed by atoms with E-state index in [4.69, 9.17) is 5.11 Å². The summed E-state index contributed by atoms with van der Waals surface area (Å²) in [6.07, 6.45) is 0. The number of carbonyl (C=O) groups is 1. The molecule has 0 saturated heterocycles. The van der Waals surface area contributed by atoms with Crippen molar-refractivity contribution < 1.29 is 14.3 Å². The Morgan fingerprint density at radius 1 is 1.50 bits per heavy atom. The average molecular weight is 197 g/mol. The van der Waals surface area contributed by atoms with Gasteiger partial charge in [-0.1, -0.05) is 12.1 Å². The van der Waals surface area contributed by atoms with E-state index in [1.54, 1.807) is 20.2 Å². The number of rotatable bonds is 3. The molecule has 0 radical (unpaired) electrons. The zero-order valence-corrected chi connectivity index (χ0v) is 8.07. The van der Waals surface area contributed by atoms with Gasteiger partial charge < -0.3 is 5.11 Å². The predicted molar refractivity (Wildman–Crippen MR) is 50.5 cm³/mol. The van der Waals surface area contributed by atoms with Gasteiger partial charge in [0.15, 0.2) is 0 Å².